The number of primary amides is 1. The summed E-state index contributed by atoms with van der Waals surface area (Å²) in [4.78, 5) is 31.2. The minimum absolute atomic E-state index is 0.0308. The van der Waals surface area contributed by atoms with Gasteiger partial charge in [0.15, 0.2) is 6.29 Å². The van der Waals surface area contributed by atoms with Gasteiger partial charge in [-0.2, -0.15) is 0 Å². The quantitative estimate of drug-likeness (QED) is 0.345. The number of ketones is 1. The van der Waals surface area contributed by atoms with Crippen molar-refractivity contribution in [3.05, 3.63) is 0 Å². The summed E-state index contributed by atoms with van der Waals surface area (Å²) < 4.78 is 0. The van der Waals surface area contributed by atoms with Gasteiger partial charge < -0.3 is 15.9 Å². The van der Waals surface area contributed by atoms with Gasteiger partial charge in [-0.05, 0) is 6.92 Å². The number of hydrogen-bond donors (Lipinski definition) is 3. The predicted octanol–water partition coefficient (Wildman–Crippen LogP) is -1.87. The molecule has 0 aliphatic carbocycles. The zero-order valence-corrected chi connectivity index (χ0v) is 7.77. The van der Waals surface area contributed by atoms with Crippen LogP contribution < -0.4 is 5.73 Å². The van der Waals surface area contributed by atoms with Crippen molar-refractivity contribution in [1.82, 2.24) is 0 Å². The van der Waals surface area contributed by atoms with Gasteiger partial charge in [-0.25, -0.2) is 0 Å². The van der Waals surface area contributed by atoms with E-state index < -0.39 is 29.8 Å². The molecule has 6 nitrogen and oxygen atoms in total. The van der Waals surface area contributed by atoms with Crippen molar-refractivity contribution >= 4 is 18.0 Å². The molecule has 0 saturated carbocycles. The number of aliphatic hydroxyl groups excluding tert-OH is 1. The number of amides is 1. The van der Waals surface area contributed by atoms with Gasteiger partial charge in [0.05, 0.1) is 12.5 Å². The van der Waals surface area contributed by atoms with E-state index in [1.165, 1.54) is 0 Å². The van der Waals surface area contributed by atoms with E-state index in [0.29, 0.717) is 0 Å². The van der Waals surface area contributed by atoms with Crippen LogP contribution in [0.2, 0.25) is 0 Å². The highest BCUT2D eigenvalue weighted by atomic mass is 16.3. The molecule has 0 rings (SSSR count). The molecule has 0 radical (unpaired) electrons. The van der Waals surface area contributed by atoms with Crippen molar-refractivity contribution in [2.75, 3.05) is 0 Å². The number of rotatable bonds is 6. The molecular weight excluding hydrogens is 190 g/mol. The van der Waals surface area contributed by atoms with Crippen molar-refractivity contribution in [3.8, 4) is 0 Å². The van der Waals surface area contributed by atoms with Crippen LogP contribution in [0.3, 0.4) is 0 Å². The minimum Gasteiger partial charge on any atom is -0.392 e. The lowest BCUT2D eigenvalue weighted by atomic mass is 9.93. The molecule has 0 saturated heterocycles. The van der Waals surface area contributed by atoms with E-state index in [0.717, 1.165) is 6.92 Å². The Morgan fingerprint density at radius 1 is 1.57 bits per heavy atom. The van der Waals surface area contributed by atoms with E-state index in [1.807, 2.05) is 0 Å². The Labute approximate surface area is 80.7 Å². The molecule has 80 valence electrons. The van der Waals surface area contributed by atoms with Crippen LogP contribution >= 0.6 is 0 Å². The Bertz CT molecular complexity index is 248. The van der Waals surface area contributed by atoms with Crippen molar-refractivity contribution in [3.63, 3.8) is 0 Å². The fourth-order valence-corrected chi connectivity index (χ4v) is 0.991. The first-order chi connectivity index (χ1) is 6.29. The Morgan fingerprint density at radius 3 is 2.43 bits per heavy atom. The van der Waals surface area contributed by atoms with Gasteiger partial charge >= 0.3 is 0 Å². The summed E-state index contributed by atoms with van der Waals surface area (Å²) in [5, 5.41) is 18.5. The lowest BCUT2D eigenvalue weighted by Gasteiger charge is -2.21. The second kappa shape index (κ2) is 4.83. The van der Waals surface area contributed by atoms with E-state index >= 15 is 0 Å². The lowest BCUT2D eigenvalue weighted by molar-refractivity contribution is -0.144. The monoisotopic (exact) mass is 203 g/mol. The summed E-state index contributed by atoms with van der Waals surface area (Å²) in [5.74, 6) is -1.78. The smallest absolute Gasteiger partial charge is 0.226 e. The maximum absolute atomic E-state index is 10.8. The fourth-order valence-electron chi connectivity index (χ4n) is 0.991. The molecule has 4 N–H and O–H groups in total. The van der Waals surface area contributed by atoms with Gasteiger partial charge in [-0.15, -0.1) is 0 Å². The molecule has 0 heterocycles. The summed E-state index contributed by atoms with van der Waals surface area (Å²) in [5.41, 5.74) is 2.84. The number of Topliss-reactive ketones (excluding diaryl/α,β-unsaturated/α-hetero) is 1. The van der Waals surface area contributed by atoms with Crippen LogP contribution in [0.15, 0.2) is 0 Å². The highest BCUT2D eigenvalue weighted by molar-refractivity contribution is 6.28. The molecule has 6 heteroatoms. The highest BCUT2D eigenvalue weighted by Gasteiger charge is 2.32. The fraction of sp³-hybridized carbons (Fsp3) is 0.625. The largest absolute Gasteiger partial charge is 0.392 e. The molecule has 2 atom stereocenters. The SMILES string of the molecule is C[C@](O)(CC(O)CC(N)=O)C(=O)C=O. The third kappa shape index (κ3) is 4.11. The van der Waals surface area contributed by atoms with Crippen molar-refractivity contribution in [2.45, 2.75) is 31.5 Å². The number of nitrogens with two attached hydrogens (primary N) is 1. The van der Waals surface area contributed by atoms with E-state index in [2.05, 4.69) is 0 Å². The Morgan fingerprint density at radius 2 is 2.07 bits per heavy atom. The average Bonchev–Trinajstić information content (AvgIpc) is 1.99. The predicted molar refractivity (Wildman–Crippen MR) is 46.1 cm³/mol. The molecule has 0 fully saturated rings. The highest BCUT2D eigenvalue weighted by Crippen LogP contribution is 2.14. The maximum atomic E-state index is 10.8. The minimum atomic E-state index is -1.95. The number of hydrogen-bond acceptors (Lipinski definition) is 5. The zero-order chi connectivity index (χ0) is 11.4. The molecule has 1 unspecified atom stereocenters. The van der Waals surface area contributed by atoms with Crippen LogP contribution in [-0.4, -0.2) is 39.9 Å². The van der Waals surface area contributed by atoms with Gasteiger partial charge in [0.1, 0.15) is 5.60 Å². The Hall–Kier alpha value is -1.27. The lowest BCUT2D eigenvalue weighted by Crippen LogP contribution is -2.40. The van der Waals surface area contributed by atoms with E-state index in [9.17, 15) is 24.6 Å². The summed E-state index contributed by atoms with van der Waals surface area (Å²) in [6.07, 6.45) is -2.02. The van der Waals surface area contributed by atoms with Crippen LogP contribution in [0, 0.1) is 0 Å². The molecule has 0 aliphatic rings. The molecular formula is C8H13NO5. The van der Waals surface area contributed by atoms with Gasteiger partial charge in [0.2, 0.25) is 11.7 Å². The van der Waals surface area contributed by atoms with Crippen molar-refractivity contribution in [1.29, 1.82) is 0 Å². The maximum Gasteiger partial charge on any atom is 0.226 e. The summed E-state index contributed by atoms with van der Waals surface area (Å²) in [7, 11) is 0. The summed E-state index contributed by atoms with van der Waals surface area (Å²) in [6.45, 7) is 1.09. The van der Waals surface area contributed by atoms with Gasteiger partial charge in [0.25, 0.3) is 0 Å². The molecule has 0 aromatic rings. The van der Waals surface area contributed by atoms with Crippen molar-refractivity contribution in [2.24, 2.45) is 5.73 Å². The second-order valence-electron chi connectivity index (χ2n) is 3.28. The molecule has 0 spiro atoms. The Balaban J connectivity index is 4.27. The number of aliphatic hydroxyl groups is 2. The van der Waals surface area contributed by atoms with E-state index in [1.54, 1.807) is 0 Å². The van der Waals surface area contributed by atoms with Crippen LogP contribution in [0.5, 0.6) is 0 Å². The summed E-state index contributed by atoms with van der Waals surface area (Å²) in [6, 6.07) is 0. The first kappa shape index (κ1) is 12.7. The second-order valence-corrected chi connectivity index (χ2v) is 3.28. The molecule has 0 bridgehead atoms. The third-order valence-electron chi connectivity index (χ3n) is 1.71. The van der Waals surface area contributed by atoms with Crippen LogP contribution in [0.25, 0.3) is 0 Å². The van der Waals surface area contributed by atoms with Crippen LogP contribution in [0.4, 0.5) is 0 Å². The zero-order valence-electron chi connectivity index (χ0n) is 7.77. The van der Waals surface area contributed by atoms with Gasteiger partial charge in [0, 0.05) is 6.42 Å². The number of carbonyl (C=O) groups excluding carboxylic acids is 3. The molecule has 0 aromatic carbocycles. The molecule has 0 aliphatic heterocycles. The number of aldehydes is 1. The third-order valence-corrected chi connectivity index (χ3v) is 1.71. The van der Waals surface area contributed by atoms with Crippen LogP contribution in [-0.2, 0) is 14.4 Å². The average molecular weight is 203 g/mol. The molecule has 0 aromatic heterocycles. The Kier molecular flexibility index (Phi) is 4.39. The molecule has 14 heavy (non-hydrogen) atoms. The first-order valence-corrected chi connectivity index (χ1v) is 3.98. The molecule has 1 amide bonds. The normalized spacial score (nSPS) is 16.8. The van der Waals surface area contributed by atoms with Crippen molar-refractivity contribution < 1.29 is 24.6 Å². The standard InChI is InChI=1S/C8H13NO5/c1-8(14,6(12)4-10)3-5(11)2-7(9)13/h4-5,11,14H,2-3H2,1H3,(H2,9,13)/t5?,8-/m0/s1. The summed E-state index contributed by atoms with van der Waals surface area (Å²) >= 11 is 0. The van der Waals surface area contributed by atoms with Crippen LogP contribution in [0.1, 0.15) is 19.8 Å². The van der Waals surface area contributed by atoms with Gasteiger partial charge in [-0.1, -0.05) is 0 Å². The van der Waals surface area contributed by atoms with E-state index in [-0.39, 0.29) is 12.7 Å². The first-order valence-electron chi connectivity index (χ1n) is 3.98. The number of carbonyl (C=O) groups is 3. The van der Waals surface area contributed by atoms with Gasteiger partial charge in [-0.3, -0.25) is 14.4 Å². The topological polar surface area (TPSA) is 118 Å². The van der Waals surface area contributed by atoms with E-state index in [4.69, 9.17) is 5.73 Å².